The Bertz CT molecular complexity index is 687. The molecule has 2 spiro atoms. The lowest BCUT2D eigenvalue weighted by atomic mass is 9.38. The Hall–Kier alpha value is -0.200. The van der Waals surface area contributed by atoms with Gasteiger partial charge in [0.2, 0.25) is 0 Å². The Morgan fingerprint density at radius 2 is 1.78 bits per heavy atom. The zero-order valence-electron chi connectivity index (χ0n) is 16.6. The number of rotatable bonds is 2. The summed E-state index contributed by atoms with van der Waals surface area (Å²) < 4.78 is 0. The summed E-state index contributed by atoms with van der Waals surface area (Å²) in [5.74, 6) is 1.36. The van der Waals surface area contributed by atoms with E-state index in [4.69, 9.17) is 0 Å². The fraction of sp³-hybridized carbons (Fsp3) is 1.00. The molecule has 7 aliphatic rings. The maximum absolute atomic E-state index is 11.5. The maximum atomic E-state index is 11.5. The van der Waals surface area contributed by atoms with Crippen LogP contribution in [0, 0.1) is 39.9 Å². The molecule has 7 bridgehead atoms. The van der Waals surface area contributed by atoms with E-state index in [1.54, 1.807) is 0 Å². The van der Waals surface area contributed by atoms with Crippen LogP contribution < -0.4 is 0 Å². The molecule has 27 heavy (non-hydrogen) atoms. The summed E-state index contributed by atoms with van der Waals surface area (Å²) in [7, 11) is 0. The first-order chi connectivity index (χ1) is 12.8. The number of likely N-dealkylation sites (tertiary alicyclic amines) is 1. The molecule has 5 heteroatoms. The Labute approximate surface area is 161 Å². The van der Waals surface area contributed by atoms with Gasteiger partial charge in [0.25, 0.3) is 0 Å². The standard InChI is InChI=1S/C22H35NO4/c1-3-23-10-19(2)14-9-13-17(23)21(14,7-5-16(19)25)15-8-12-4-6-20(13,15)18(26)22(12,27)11-24/h12-18,24-27H,3-11H2,1-2H3/t12-,13-,14+,15+,16+,17+,18-,19-,20-,21-,22-/m0/s1. The number of fused-ring (bicyclic) bond motifs is 2. The van der Waals surface area contributed by atoms with Crippen LogP contribution in [-0.4, -0.2) is 68.9 Å². The third kappa shape index (κ3) is 1.53. The van der Waals surface area contributed by atoms with Gasteiger partial charge in [-0.15, -0.1) is 0 Å². The Morgan fingerprint density at radius 1 is 1.04 bits per heavy atom. The first kappa shape index (κ1) is 17.6. The second-order valence-corrected chi connectivity index (χ2v) is 11.3. The van der Waals surface area contributed by atoms with Gasteiger partial charge in [0.15, 0.2) is 0 Å². The topological polar surface area (TPSA) is 84.2 Å². The molecule has 1 heterocycles. The highest BCUT2D eigenvalue weighted by Gasteiger charge is 2.85. The molecule has 6 aliphatic carbocycles. The van der Waals surface area contributed by atoms with Crippen LogP contribution in [0.1, 0.15) is 52.4 Å². The summed E-state index contributed by atoms with van der Waals surface area (Å²) in [5, 5.41) is 43.7. The molecule has 0 amide bonds. The van der Waals surface area contributed by atoms with Crippen LogP contribution in [-0.2, 0) is 0 Å². The van der Waals surface area contributed by atoms with Crippen LogP contribution in [0.3, 0.4) is 0 Å². The van der Waals surface area contributed by atoms with Gasteiger partial charge < -0.3 is 20.4 Å². The molecule has 6 saturated carbocycles. The molecule has 4 N–H and O–H groups in total. The number of hydrogen-bond acceptors (Lipinski definition) is 5. The average Bonchev–Trinajstić information content (AvgIpc) is 3.09. The monoisotopic (exact) mass is 377 g/mol. The lowest BCUT2D eigenvalue weighted by Crippen LogP contribution is -2.73. The van der Waals surface area contributed by atoms with Crippen molar-refractivity contribution in [2.45, 2.75) is 76.2 Å². The number of hydrogen-bond donors (Lipinski definition) is 4. The third-order valence-electron chi connectivity index (χ3n) is 11.2. The Balaban J connectivity index is 1.55. The predicted molar refractivity (Wildman–Crippen MR) is 99.7 cm³/mol. The van der Waals surface area contributed by atoms with Gasteiger partial charge in [0.1, 0.15) is 5.60 Å². The predicted octanol–water partition coefficient (Wildman–Crippen LogP) is 0.988. The summed E-state index contributed by atoms with van der Waals surface area (Å²) in [5.41, 5.74) is -1.42. The van der Waals surface area contributed by atoms with Crippen molar-refractivity contribution >= 4 is 0 Å². The van der Waals surface area contributed by atoms with Crippen molar-refractivity contribution in [3.63, 3.8) is 0 Å². The quantitative estimate of drug-likeness (QED) is 0.577. The molecule has 0 aromatic rings. The van der Waals surface area contributed by atoms with E-state index in [-0.39, 0.29) is 34.9 Å². The normalized spacial score (nSPS) is 66.2. The van der Waals surface area contributed by atoms with Crippen LogP contribution in [0.5, 0.6) is 0 Å². The van der Waals surface area contributed by atoms with Gasteiger partial charge in [0, 0.05) is 23.4 Å². The van der Waals surface area contributed by atoms with Crippen molar-refractivity contribution in [3.05, 3.63) is 0 Å². The fourth-order valence-electron chi connectivity index (χ4n) is 10.4. The minimum absolute atomic E-state index is 0.00649. The molecule has 0 radical (unpaired) electrons. The van der Waals surface area contributed by atoms with Crippen molar-refractivity contribution in [3.8, 4) is 0 Å². The highest BCUT2D eigenvalue weighted by atomic mass is 16.4. The lowest BCUT2D eigenvalue weighted by molar-refractivity contribution is -0.292. The molecule has 7 fully saturated rings. The number of aliphatic hydroxyl groups is 4. The van der Waals surface area contributed by atoms with Gasteiger partial charge in [-0.3, -0.25) is 4.90 Å². The number of nitrogens with zero attached hydrogens (tertiary/aromatic N) is 1. The van der Waals surface area contributed by atoms with E-state index in [0.29, 0.717) is 23.8 Å². The highest BCUT2D eigenvalue weighted by Crippen LogP contribution is 2.83. The average molecular weight is 378 g/mol. The Kier molecular flexibility index (Phi) is 3.21. The van der Waals surface area contributed by atoms with Crippen LogP contribution in [0.25, 0.3) is 0 Å². The van der Waals surface area contributed by atoms with Crippen molar-refractivity contribution in [1.82, 2.24) is 4.90 Å². The van der Waals surface area contributed by atoms with Gasteiger partial charge in [0.05, 0.1) is 18.8 Å². The van der Waals surface area contributed by atoms with E-state index in [9.17, 15) is 20.4 Å². The van der Waals surface area contributed by atoms with Crippen LogP contribution in [0.2, 0.25) is 0 Å². The second-order valence-electron chi connectivity index (χ2n) is 11.3. The third-order valence-corrected chi connectivity index (χ3v) is 11.2. The fourth-order valence-corrected chi connectivity index (χ4v) is 10.4. The van der Waals surface area contributed by atoms with Crippen molar-refractivity contribution in [2.24, 2.45) is 39.9 Å². The summed E-state index contributed by atoms with van der Waals surface area (Å²) >= 11 is 0. The van der Waals surface area contributed by atoms with Crippen LogP contribution in [0.4, 0.5) is 0 Å². The molecule has 152 valence electrons. The maximum Gasteiger partial charge on any atom is 0.117 e. The van der Waals surface area contributed by atoms with Gasteiger partial charge in [-0.05, 0) is 74.2 Å². The van der Waals surface area contributed by atoms with E-state index in [1.807, 2.05) is 0 Å². The molecule has 0 aromatic heterocycles. The molecule has 7 rings (SSSR count). The van der Waals surface area contributed by atoms with E-state index >= 15 is 0 Å². The van der Waals surface area contributed by atoms with E-state index in [0.717, 1.165) is 51.6 Å². The van der Waals surface area contributed by atoms with Gasteiger partial charge in [-0.25, -0.2) is 0 Å². The van der Waals surface area contributed by atoms with Crippen LogP contribution >= 0.6 is 0 Å². The largest absolute Gasteiger partial charge is 0.393 e. The summed E-state index contributed by atoms with van der Waals surface area (Å²) in [6.45, 7) is 6.18. The first-order valence-corrected chi connectivity index (χ1v) is 11.2. The minimum atomic E-state index is -1.32. The molecular formula is C22H35NO4. The lowest BCUT2D eigenvalue weighted by Gasteiger charge is -2.69. The van der Waals surface area contributed by atoms with Crippen molar-refractivity contribution in [2.75, 3.05) is 19.7 Å². The number of aliphatic hydroxyl groups excluding tert-OH is 3. The summed E-state index contributed by atoms with van der Waals surface area (Å²) in [6.07, 6.45) is 4.86. The molecular weight excluding hydrogens is 342 g/mol. The zero-order valence-corrected chi connectivity index (χ0v) is 16.6. The van der Waals surface area contributed by atoms with E-state index in [2.05, 4.69) is 18.7 Å². The molecule has 0 unspecified atom stereocenters. The SMILES string of the molecule is CCN1C[C@]2(C)[C@H](O)CC[C@@]34[C@@H]5C[C@@H]6CC[C@]5([C@H](O)[C@]6(O)CO)[C@@H](C[C@H]23)[C@@H]14. The highest BCUT2D eigenvalue weighted by molar-refractivity contribution is 5.34. The molecule has 0 aromatic carbocycles. The second kappa shape index (κ2) is 4.92. The molecule has 5 nitrogen and oxygen atoms in total. The smallest absolute Gasteiger partial charge is 0.117 e. The van der Waals surface area contributed by atoms with Crippen molar-refractivity contribution in [1.29, 1.82) is 0 Å². The van der Waals surface area contributed by atoms with E-state index < -0.39 is 11.7 Å². The van der Waals surface area contributed by atoms with Gasteiger partial charge in [-0.2, -0.15) is 0 Å². The molecule has 1 aliphatic heterocycles. The first-order valence-electron chi connectivity index (χ1n) is 11.2. The van der Waals surface area contributed by atoms with Crippen molar-refractivity contribution < 1.29 is 20.4 Å². The van der Waals surface area contributed by atoms with E-state index in [1.165, 1.54) is 0 Å². The Morgan fingerprint density at radius 3 is 2.48 bits per heavy atom. The minimum Gasteiger partial charge on any atom is -0.393 e. The summed E-state index contributed by atoms with van der Waals surface area (Å²) in [4.78, 5) is 2.63. The summed E-state index contributed by atoms with van der Waals surface area (Å²) in [6, 6.07) is 0.479. The number of piperidine rings is 1. The molecule has 11 atom stereocenters. The van der Waals surface area contributed by atoms with Crippen LogP contribution in [0.15, 0.2) is 0 Å². The molecule has 1 saturated heterocycles. The zero-order chi connectivity index (χ0) is 19.0. The van der Waals surface area contributed by atoms with Gasteiger partial charge >= 0.3 is 0 Å². The van der Waals surface area contributed by atoms with Gasteiger partial charge in [-0.1, -0.05) is 13.8 Å².